The van der Waals surface area contributed by atoms with Crippen molar-refractivity contribution in [3.63, 3.8) is 0 Å². The Balaban J connectivity index is 1.78. The summed E-state index contributed by atoms with van der Waals surface area (Å²) < 4.78 is 10.6. The lowest BCUT2D eigenvalue weighted by atomic mass is 10.2. The summed E-state index contributed by atoms with van der Waals surface area (Å²) in [6, 6.07) is 0.205. The van der Waals surface area contributed by atoms with Crippen LogP contribution in [-0.2, 0) is 9.47 Å². The van der Waals surface area contributed by atoms with Crippen molar-refractivity contribution in [3.05, 3.63) is 0 Å². The highest BCUT2D eigenvalue weighted by atomic mass is 16.5. The molecule has 0 aromatic carbocycles. The molecular weight excluding hydrogens is 196 g/mol. The smallest absolute Gasteiger partial charge is 0.317 e. The number of ether oxygens (including phenoxy) is 2. The van der Waals surface area contributed by atoms with Crippen LogP contribution < -0.4 is 5.32 Å². The highest BCUT2D eigenvalue weighted by Crippen LogP contribution is 2.07. The van der Waals surface area contributed by atoms with Gasteiger partial charge in [0.05, 0.1) is 25.4 Å². The Morgan fingerprint density at radius 2 is 2.33 bits per heavy atom. The molecule has 0 aliphatic carbocycles. The van der Waals surface area contributed by atoms with Gasteiger partial charge in [-0.05, 0) is 13.3 Å². The van der Waals surface area contributed by atoms with Crippen LogP contribution in [0.4, 0.5) is 4.79 Å². The zero-order valence-electron chi connectivity index (χ0n) is 9.07. The molecule has 2 rings (SSSR count). The summed E-state index contributed by atoms with van der Waals surface area (Å²) in [4.78, 5) is 13.6. The molecule has 2 unspecified atom stereocenters. The molecule has 15 heavy (non-hydrogen) atoms. The number of rotatable bonds is 1. The van der Waals surface area contributed by atoms with Gasteiger partial charge in [0.15, 0.2) is 0 Å². The largest absolute Gasteiger partial charge is 0.379 e. The van der Waals surface area contributed by atoms with Crippen molar-refractivity contribution < 1.29 is 14.3 Å². The van der Waals surface area contributed by atoms with Crippen LogP contribution in [0.25, 0.3) is 0 Å². The zero-order chi connectivity index (χ0) is 10.7. The molecule has 5 nitrogen and oxygen atoms in total. The number of amides is 2. The molecule has 2 atom stereocenters. The molecule has 0 saturated carbocycles. The van der Waals surface area contributed by atoms with E-state index in [-0.39, 0.29) is 18.2 Å². The van der Waals surface area contributed by atoms with Gasteiger partial charge in [0.1, 0.15) is 0 Å². The SMILES string of the molecule is CC1CN(C(=O)NC2CCOC2)CCO1. The Morgan fingerprint density at radius 1 is 1.47 bits per heavy atom. The van der Waals surface area contributed by atoms with Crippen molar-refractivity contribution in [2.24, 2.45) is 0 Å². The lowest BCUT2D eigenvalue weighted by molar-refractivity contribution is -0.00390. The maximum absolute atomic E-state index is 11.8. The minimum absolute atomic E-state index is 0.0145. The fourth-order valence-corrected chi connectivity index (χ4v) is 1.92. The molecule has 0 aromatic heterocycles. The van der Waals surface area contributed by atoms with E-state index in [2.05, 4.69) is 5.32 Å². The summed E-state index contributed by atoms with van der Waals surface area (Å²) in [7, 11) is 0. The van der Waals surface area contributed by atoms with E-state index in [1.807, 2.05) is 11.8 Å². The van der Waals surface area contributed by atoms with Gasteiger partial charge < -0.3 is 19.7 Å². The van der Waals surface area contributed by atoms with E-state index >= 15 is 0 Å². The average molecular weight is 214 g/mol. The summed E-state index contributed by atoms with van der Waals surface area (Å²) in [6.07, 6.45) is 1.07. The van der Waals surface area contributed by atoms with Crippen molar-refractivity contribution >= 4 is 6.03 Å². The summed E-state index contributed by atoms with van der Waals surface area (Å²) in [5.74, 6) is 0. The van der Waals surface area contributed by atoms with Crippen molar-refractivity contribution in [1.82, 2.24) is 10.2 Å². The Labute approximate surface area is 89.7 Å². The van der Waals surface area contributed by atoms with Crippen LogP contribution in [0.2, 0.25) is 0 Å². The van der Waals surface area contributed by atoms with E-state index < -0.39 is 0 Å². The molecule has 2 heterocycles. The summed E-state index contributed by atoms with van der Waals surface area (Å²) in [6.45, 7) is 5.38. The molecule has 0 bridgehead atoms. The Morgan fingerprint density at radius 3 is 3.00 bits per heavy atom. The first-order chi connectivity index (χ1) is 7.25. The van der Waals surface area contributed by atoms with E-state index in [1.54, 1.807) is 0 Å². The summed E-state index contributed by atoms with van der Waals surface area (Å²) in [5.41, 5.74) is 0. The molecule has 5 heteroatoms. The van der Waals surface area contributed by atoms with Gasteiger partial charge in [-0.2, -0.15) is 0 Å². The second-order valence-electron chi connectivity index (χ2n) is 4.14. The summed E-state index contributed by atoms with van der Waals surface area (Å²) >= 11 is 0. The predicted molar refractivity (Wildman–Crippen MR) is 54.7 cm³/mol. The minimum atomic E-state index is 0.0145. The van der Waals surface area contributed by atoms with Crippen molar-refractivity contribution in [2.45, 2.75) is 25.5 Å². The van der Waals surface area contributed by atoms with E-state index in [0.717, 1.165) is 13.0 Å². The van der Waals surface area contributed by atoms with Crippen LogP contribution in [-0.4, -0.2) is 56.0 Å². The molecule has 2 aliphatic rings. The van der Waals surface area contributed by atoms with E-state index in [0.29, 0.717) is 26.3 Å². The van der Waals surface area contributed by atoms with E-state index in [4.69, 9.17) is 9.47 Å². The number of hydrogen-bond acceptors (Lipinski definition) is 3. The first-order valence-corrected chi connectivity index (χ1v) is 5.50. The molecule has 0 spiro atoms. The number of nitrogens with zero attached hydrogens (tertiary/aromatic N) is 1. The van der Waals surface area contributed by atoms with Crippen LogP contribution in [0.3, 0.4) is 0 Å². The first-order valence-electron chi connectivity index (χ1n) is 5.50. The maximum atomic E-state index is 11.8. The van der Waals surface area contributed by atoms with E-state index in [1.165, 1.54) is 0 Å². The summed E-state index contributed by atoms with van der Waals surface area (Å²) in [5, 5.41) is 2.98. The van der Waals surface area contributed by atoms with Gasteiger partial charge in [0.25, 0.3) is 0 Å². The van der Waals surface area contributed by atoms with Gasteiger partial charge in [-0.3, -0.25) is 0 Å². The normalized spacial score (nSPS) is 31.7. The number of hydrogen-bond donors (Lipinski definition) is 1. The molecular formula is C10H18N2O3. The second kappa shape index (κ2) is 4.81. The fourth-order valence-electron chi connectivity index (χ4n) is 1.92. The van der Waals surface area contributed by atoms with Crippen LogP contribution in [0.1, 0.15) is 13.3 Å². The number of nitrogens with one attached hydrogen (secondary N) is 1. The first kappa shape index (κ1) is 10.7. The molecule has 0 radical (unpaired) electrons. The molecule has 1 N–H and O–H groups in total. The lowest BCUT2D eigenvalue weighted by Gasteiger charge is -2.31. The monoisotopic (exact) mass is 214 g/mol. The van der Waals surface area contributed by atoms with Crippen LogP contribution in [0, 0.1) is 0 Å². The van der Waals surface area contributed by atoms with Gasteiger partial charge in [-0.15, -0.1) is 0 Å². The minimum Gasteiger partial charge on any atom is -0.379 e. The number of urea groups is 1. The third-order valence-corrected chi connectivity index (χ3v) is 2.79. The van der Waals surface area contributed by atoms with Gasteiger partial charge >= 0.3 is 6.03 Å². The third-order valence-electron chi connectivity index (χ3n) is 2.79. The molecule has 2 fully saturated rings. The van der Waals surface area contributed by atoms with Gasteiger partial charge in [-0.25, -0.2) is 4.79 Å². The van der Waals surface area contributed by atoms with Crippen molar-refractivity contribution in [2.75, 3.05) is 32.9 Å². The Kier molecular flexibility index (Phi) is 3.43. The predicted octanol–water partition coefficient (Wildman–Crippen LogP) is 0.206. The van der Waals surface area contributed by atoms with Crippen LogP contribution in [0.5, 0.6) is 0 Å². The highest BCUT2D eigenvalue weighted by molar-refractivity contribution is 5.74. The number of morpholine rings is 1. The maximum Gasteiger partial charge on any atom is 0.317 e. The highest BCUT2D eigenvalue weighted by Gasteiger charge is 2.24. The van der Waals surface area contributed by atoms with Gasteiger partial charge in [-0.1, -0.05) is 0 Å². The molecule has 86 valence electrons. The third kappa shape index (κ3) is 2.82. The number of carbonyl (C=O) groups excluding carboxylic acids is 1. The Hall–Kier alpha value is -0.810. The van der Waals surface area contributed by atoms with E-state index in [9.17, 15) is 4.79 Å². The van der Waals surface area contributed by atoms with Crippen LogP contribution in [0.15, 0.2) is 0 Å². The van der Waals surface area contributed by atoms with Crippen molar-refractivity contribution in [3.8, 4) is 0 Å². The fraction of sp³-hybridized carbons (Fsp3) is 0.900. The van der Waals surface area contributed by atoms with Crippen LogP contribution >= 0.6 is 0 Å². The molecule has 2 saturated heterocycles. The van der Waals surface area contributed by atoms with Gasteiger partial charge in [0, 0.05) is 19.7 Å². The van der Waals surface area contributed by atoms with Crippen molar-refractivity contribution in [1.29, 1.82) is 0 Å². The second-order valence-corrected chi connectivity index (χ2v) is 4.14. The molecule has 0 aromatic rings. The topological polar surface area (TPSA) is 50.8 Å². The molecule has 2 aliphatic heterocycles. The standard InChI is InChI=1S/C10H18N2O3/c1-8-6-12(3-5-15-8)10(13)11-9-2-4-14-7-9/h8-9H,2-7H2,1H3,(H,11,13). The zero-order valence-corrected chi connectivity index (χ0v) is 9.07. The van der Waals surface area contributed by atoms with Gasteiger partial charge in [0.2, 0.25) is 0 Å². The quantitative estimate of drug-likeness (QED) is 0.678. The lowest BCUT2D eigenvalue weighted by Crippen LogP contribution is -2.51. The Bertz CT molecular complexity index is 229. The average Bonchev–Trinajstić information content (AvgIpc) is 2.70. The number of carbonyl (C=O) groups is 1. The molecule has 2 amide bonds.